The summed E-state index contributed by atoms with van der Waals surface area (Å²) in [6.45, 7) is 6.18. The van der Waals surface area contributed by atoms with Gasteiger partial charge in [-0.2, -0.15) is 0 Å². The molecule has 1 aromatic heterocycles. The maximum atomic E-state index is 6.01. The minimum absolute atomic E-state index is 0.128. The first-order valence-corrected chi connectivity index (χ1v) is 5.16. The van der Waals surface area contributed by atoms with Crippen molar-refractivity contribution < 1.29 is 4.74 Å². The third kappa shape index (κ3) is 2.89. The van der Waals surface area contributed by atoms with Crippen molar-refractivity contribution >= 4 is 0 Å². The van der Waals surface area contributed by atoms with Crippen LogP contribution < -0.4 is 10.5 Å². The Labute approximate surface area is 90.9 Å². The normalized spacial score (nSPS) is 12.9. The monoisotopic (exact) mass is 209 g/mol. The van der Waals surface area contributed by atoms with E-state index in [1.54, 1.807) is 7.11 Å². The molecular formula is C11H19N3O. The lowest BCUT2D eigenvalue weighted by atomic mass is 9.99. The Kier molecular flexibility index (Phi) is 4.03. The number of aromatic nitrogens is 2. The molecule has 0 bridgehead atoms. The first kappa shape index (κ1) is 11.9. The molecule has 4 heteroatoms. The van der Waals surface area contributed by atoms with Crippen LogP contribution in [0.5, 0.6) is 5.88 Å². The second kappa shape index (κ2) is 5.07. The molecule has 0 fully saturated rings. The zero-order chi connectivity index (χ0) is 11.4. The number of rotatable bonds is 4. The van der Waals surface area contributed by atoms with Crippen molar-refractivity contribution in [3.05, 3.63) is 17.6 Å². The van der Waals surface area contributed by atoms with Crippen LogP contribution in [0.15, 0.2) is 6.33 Å². The summed E-state index contributed by atoms with van der Waals surface area (Å²) in [4.78, 5) is 8.27. The third-order valence-electron chi connectivity index (χ3n) is 2.62. The molecule has 2 N–H and O–H groups in total. The van der Waals surface area contributed by atoms with Crippen LogP contribution in [0.4, 0.5) is 0 Å². The summed E-state index contributed by atoms with van der Waals surface area (Å²) in [6, 6.07) is 0.128. The highest BCUT2D eigenvalue weighted by molar-refractivity contribution is 5.28. The fourth-order valence-corrected chi connectivity index (χ4v) is 1.34. The van der Waals surface area contributed by atoms with Crippen LogP contribution in [0.3, 0.4) is 0 Å². The lowest BCUT2D eigenvalue weighted by Crippen LogP contribution is -2.29. The van der Waals surface area contributed by atoms with Crippen LogP contribution in [0.25, 0.3) is 0 Å². The van der Waals surface area contributed by atoms with Gasteiger partial charge in [0.2, 0.25) is 5.88 Å². The zero-order valence-corrected chi connectivity index (χ0v) is 9.82. The van der Waals surface area contributed by atoms with Crippen LogP contribution >= 0.6 is 0 Å². The molecule has 0 aliphatic heterocycles. The highest BCUT2D eigenvalue weighted by atomic mass is 16.5. The molecule has 15 heavy (non-hydrogen) atoms. The van der Waals surface area contributed by atoms with E-state index in [9.17, 15) is 0 Å². The molecule has 0 saturated carbocycles. The summed E-state index contributed by atoms with van der Waals surface area (Å²) in [5.41, 5.74) is 7.97. The van der Waals surface area contributed by atoms with E-state index in [4.69, 9.17) is 10.5 Å². The predicted octanol–water partition coefficient (Wildman–Crippen LogP) is 1.32. The number of ether oxygens (including phenoxy) is 1. The number of hydrogen-bond acceptors (Lipinski definition) is 4. The number of hydrogen-bond donors (Lipinski definition) is 1. The van der Waals surface area contributed by atoms with Gasteiger partial charge in [0.1, 0.15) is 6.33 Å². The zero-order valence-electron chi connectivity index (χ0n) is 9.82. The van der Waals surface area contributed by atoms with Gasteiger partial charge in [-0.15, -0.1) is 0 Å². The maximum absolute atomic E-state index is 6.01. The van der Waals surface area contributed by atoms with Crippen molar-refractivity contribution in [2.75, 3.05) is 7.11 Å². The minimum atomic E-state index is 0.128. The van der Waals surface area contributed by atoms with Gasteiger partial charge >= 0.3 is 0 Å². The van der Waals surface area contributed by atoms with Crippen molar-refractivity contribution in [2.24, 2.45) is 11.7 Å². The first-order valence-electron chi connectivity index (χ1n) is 5.16. The van der Waals surface area contributed by atoms with Crippen LogP contribution in [0, 0.1) is 12.8 Å². The number of methoxy groups -OCH3 is 1. The smallest absolute Gasteiger partial charge is 0.219 e. The first-order chi connectivity index (χ1) is 7.06. The van der Waals surface area contributed by atoms with Gasteiger partial charge in [0.05, 0.1) is 12.8 Å². The van der Waals surface area contributed by atoms with Crippen molar-refractivity contribution in [3.63, 3.8) is 0 Å². The highest BCUT2D eigenvalue weighted by Crippen LogP contribution is 2.17. The largest absolute Gasteiger partial charge is 0.481 e. The molecule has 1 unspecified atom stereocenters. The van der Waals surface area contributed by atoms with E-state index < -0.39 is 0 Å². The van der Waals surface area contributed by atoms with E-state index in [-0.39, 0.29) is 6.04 Å². The van der Waals surface area contributed by atoms with E-state index >= 15 is 0 Å². The standard InChI is InChI=1S/C11H19N3O/c1-7(2)9(12)5-10-8(3)11(15-4)14-6-13-10/h6-7,9H,5,12H2,1-4H3. The summed E-state index contributed by atoms with van der Waals surface area (Å²) < 4.78 is 5.14. The van der Waals surface area contributed by atoms with Gasteiger partial charge in [0.25, 0.3) is 0 Å². The van der Waals surface area contributed by atoms with Gasteiger partial charge in [0, 0.05) is 18.0 Å². The summed E-state index contributed by atoms with van der Waals surface area (Å²) in [5.74, 6) is 1.08. The van der Waals surface area contributed by atoms with E-state index in [0.717, 1.165) is 17.7 Å². The molecule has 1 rings (SSSR count). The highest BCUT2D eigenvalue weighted by Gasteiger charge is 2.13. The maximum Gasteiger partial charge on any atom is 0.219 e. The Bertz CT molecular complexity index is 326. The van der Waals surface area contributed by atoms with Gasteiger partial charge in [-0.25, -0.2) is 9.97 Å². The molecule has 0 spiro atoms. The van der Waals surface area contributed by atoms with E-state index in [2.05, 4.69) is 23.8 Å². The van der Waals surface area contributed by atoms with E-state index in [0.29, 0.717) is 11.8 Å². The van der Waals surface area contributed by atoms with Crippen LogP contribution in [-0.4, -0.2) is 23.1 Å². The molecule has 0 aliphatic carbocycles. The van der Waals surface area contributed by atoms with Gasteiger partial charge in [-0.3, -0.25) is 0 Å². The molecule has 0 radical (unpaired) electrons. The average Bonchev–Trinajstić information content (AvgIpc) is 2.21. The Balaban J connectivity index is 2.86. The van der Waals surface area contributed by atoms with Crippen LogP contribution in [-0.2, 0) is 6.42 Å². The third-order valence-corrected chi connectivity index (χ3v) is 2.62. The summed E-state index contributed by atoms with van der Waals surface area (Å²) in [7, 11) is 1.61. The van der Waals surface area contributed by atoms with Crippen molar-refractivity contribution in [1.82, 2.24) is 9.97 Å². The molecular weight excluding hydrogens is 190 g/mol. The average molecular weight is 209 g/mol. The van der Waals surface area contributed by atoms with Crippen LogP contribution in [0.1, 0.15) is 25.1 Å². The Morgan fingerprint density at radius 2 is 2.07 bits per heavy atom. The molecule has 1 aromatic rings. The Hall–Kier alpha value is -1.16. The molecule has 0 amide bonds. The fourth-order valence-electron chi connectivity index (χ4n) is 1.34. The summed E-state index contributed by atoms with van der Waals surface area (Å²) in [5, 5.41) is 0. The van der Waals surface area contributed by atoms with Crippen molar-refractivity contribution in [1.29, 1.82) is 0 Å². The van der Waals surface area contributed by atoms with Gasteiger partial charge in [0.15, 0.2) is 0 Å². The van der Waals surface area contributed by atoms with Crippen LogP contribution in [0.2, 0.25) is 0 Å². The second-order valence-corrected chi connectivity index (χ2v) is 4.07. The SMILES string of the molecule is COc1ncnc(CC(N)C(C)C)c1C. The molecule has 4 nitrogen and oxygen atoms in total. The molecule has 1 heterocycles. The molecule has 0 aromatic carbocycles. The molecule has 0 saturated heterocycles. The summed E-state index contributed by atoms with van der Waals surface area (Å²) in [6.07, 6.45) is 2.29. The number of nitrogens with zero attached hydrogens (tertiary/aromatic N) is 2. The van der Waals surface area contributed by atoms with Gasteiger partial charge in [-0.05, 0) is 12.8 Å². The topological polar surface area (TPSA) is 61.0 Å². The van der Waals surface area contributed by atoms with Gasteiger partial charge < -0.3 is 10.5 Å². The molecule has 1 atom stereocenters. The quantitative estimate of drug-likeness (QED) is 0.812. The lowest BCUT2D eigenvalue weighted by molar-refractivity contribution is 0.391. The predicted molar refractivity (Wildman–Crippen MR) is 59.8 cm³/mol. The van der Waals surface area contributed by atoms with Gasteiger partial charge in [-0.1, -0.05) is 13.8 Å². The Morgan fingerprint density at radius 1 is 1.40 bits per heavy atom. The fraction of sp³-hybridized carbons (Fsp3) is 0.636. The lowest BCUT2D eigenvalue weighted by Gasteiger charge is -2.16. The summed E-state index contributed by atoms with van der Waals surface area (Å²) >= 11 is 0. The minimum Gasteiger partial charge on any atom is -0.481 e. The van der Waals surface area contributed by atoms with E-state index in [1.165, 1.54) is 6.33 Å². The number of nitrogens with two attached hydrogens (primary N) is 1. The Morgan fingerprint density at radius 3 is 2.60 bits per heavy atom. The van der Waals surface area contributed by atoms with Crippen molar-refractivity contribution in [2.45, 2.75) is 33.2 Å². The second-order valence-electron chi connectivity index (χ2n) is 4.07. The van der Waals surface area contributed by atoms with E-state index in [1.807, 2.05) is 6.92 Å². The van der Waals surface area contributed by atoms with Crippen molar-refractivity contribution in [3.8, 4) is 5.88 Å². The molecule has 0 aliphatic rings. The molecule has 84 valence electrons.